The summed E-state index contributed by atoms with van der Waals surface area (Å²) in [6.45, 7) is 6.01. The number of carbonyl (C=O) groups excluding carboxylic acids is 1. The van der Waals surface area contributed by atoms with Crippen molar-refractivity contribution in [3.05, 3.63) is 22.3 Å². The molecule has 2 heterocycles. The molecule has 1 aliphatic heterocycles. The van der Waals surface area contributed by atoms with Crippen molar-refractivity contribution >= 4 is 52.5 Å². The van der Waals surface area contributed by atoms with Crippen LogP contribution in [0.15, 0.2) is 16.7 Å². The molecule has 1 saturated heterocycles. The molecule has 1 aromatic heterocycles. The number of hydrogen-bond donors (Lipinski definition) is 2. The van der Waals surface area contributed by atoms with Gasteiger partial charge >= 0.3 is 0 Å². The van der Waals surface area contributed by atoms with Crippen molar-refractivity contribution in [1.29, 1.82) is 0 Å². The van der Waals surface area contributed by atoms with E-state index in [0.717, 1.165) is 43.6 Å². The Balaban J connectivity index is 0.00000264. The Morgan fingerprint density at radius 3 is 2.67 bits per heavy atom. The fourth-order valence-corrected chi connectivity index (χ4v) is 2.82. The molecule has 0 aliphatic carbocycles. The Morgan fingerprint density at radius 1 is 1.38 bits per heavy atom. The highest BCUT2D eigenvalue weighted by molar-refractivity contribution is 9.10. The van der Waals surface area contributed by atoms with Crippen LogP contribution >= 0.6 is 40.7 Å². The van der Waals surface area contributed by atoms with E-state index >= 15 is 0 Å². The lowest BCUT2D eigenvalue weighted by Gasteiger charge is -2.27. The molecule has 0 radical (unpaired) electrons. The zero-order valence-corrected chi connectivity index (χ0v) is 17.3. The first kappa shape index (κ1) is 23.4. The van der Waals surface area contributed by atoms with Gasteiger partial charge in [0.15, 0.2) is 0 Å². The maximum atomic E-state index is 12.4. The predicted octanol–water partition coefficient (Wildman–Crippen LogP) is 1.78. The average molecular weight is 443 g/mol. The SMILES string of the molecule is CN(C)c1ncc(Br)cc1C(=O)NCCCN1CCNCC1.Cl.Cl. The van der Waals surface area contributed by atoms with E-state index in [0.29, 0.717) is 17.9 Å². The highest BCUT2D eigenvalue weighted by Gasteiger charge is 2.15. The second-order valence-electron chi connectivity index (χ2n) is 5.62. The van der Waals surface area contributed by atoms with Gasteiger partial charge in [0, 0.05) is 57.5 Å². The third-order valence-electron chi connectivity index (χ3n) is 3.65. The fourth-order valence-electron chi connectivity index (χ4n) is 2.49. The van der Waals surface area contributed by atoms with E-state index < -0.39 is 0 Å². The molecule has 138 valence electrons. The third-order valence-corrected chi connectivity index (χ3v) is 4.08. The summed E-state index contributed by atoms with van der Waals surface area (Å²) >= 11 is 3.37. The lowest BCUT2D eigenvalue weighted by atomic mass is 10.2. The third kappa shape index (κ3) is 7.11. The lowest BCUT2D eigenvalue weighted by Crippen LogP contribution is -2.44. The number of nitrogens with one attached hydrogen (secondary N) is 2. The van der Waals surface area contributed by atoms with Crippen molar-refractivity contribution in [3.8, 4) is 0 Å². The number of pyridine rings is 1. The van der Waals surface area contributed by atoms with E-state index in [-0.39, 0.29) is 30.7 Å². The van der Waals surface area contributed by atoms with E-state index in [1.807, 2.05) is 25.1 Å². The van der Waals surface area contributed by atoms with Crippen LogP contribution in [0.4, 0.5) is 5.82 Å². The van der Waals surface area contributed by atoms with E-state index in [1.54, 1.807) is 6.20 Å². The molecule has 0 saturated carbocycles. The monoisotopic (exact) mass is 441 g/mol. The van der Waals surface area contributed by atoms with Crippen molar-refractivity contribution in [2.75, 3.05) is 58.3 Å². The van der Waals surface area contributed by atoms with Crippen LogP contribution in [0, 0.1) is 0 Å². The number of piperazine rings is 1. The van der Waals surface area contributed by atoms with Gasteiger partial charge in [0.1, 0.15) is 5.82 Å². The Labute approximate surface area is 164 Å². The van der Waals surface area contributed by atoms with E-state index in [9.17, 15) is 4.79 Å². The van der Waals surface area contributed by atoms with Crippen LogP contribution in [0.3, 0.4) is 0 Å². The van der Waals surface area contributed by atoms with Gasteiger partial charge in [0.25, 0.3) is 5.91 Å². The van der Waals surface area contributed by atoms with Gasteiger partial charge < -0.3 is 20.4 Å². The Bertz CT molecular complexity index is 513. The maximum absolute atomic E-state index is 12.4. The highest BCUT2D eigenvalue weighted by Crippen LogP contribution is 2.19. The summed E-state index contributed by atoms with van der Waals surface area (Å²) in [6.07, 6.45) is 2.67. The minimum Gasteiger partial charge on any atom is -0.362 e. The minimum atomic E-state index is -0.0715. The molecule has 1 aromatic rings. The first-order valence-electron chi connectivity index (χ1n) is 7.62. The number of anilines is 1. The summed E-state index contributed by atoms with van der Waals surface area (Å²) in [6, 6.07) is 1.81. The number of nitrogens with zero attached hydrogens (tertiary/aromatic N) is 3. The van der Waals surface area contributed by atoms with Crippen LogP contribution in [-0.2, 0) is 0 Å². The largest absolute Gasteiger partial charge is 0.362 e. The molecule has 1 aliphatic rings. The lowest BCUT2D eigenvalue weighted by molar-refractivity contribution is 0.0951. The normalized spacial score (nSPS) is 14.3. The molecule has 0 spiro atoms. The van der Waals surface area contributed by atoms with Gasteiger partial charge in [-0.1, -0.05) is 0 Å². The molecule has 0 bridgehead atoms. The van der Waals surface area contributed by atoms with Crippen LogP contribution in [0.1, 0.15) is 16.8 Å². The number of carbonyl (C=O) groups is 1. The second-order valence-corrected chi connectivity index (χ2v) is 6.54. The van der Waals surface area contributed by atoms with Crippen molar-refractivity contribution in [1.82, 2.24) is 20.5 Å². The molecule has 24 heavy (non-hydrogen) atoms. The van der Waals surface area contributed by atoms with Crippen LogP contribution in [0.2, 0.25) is 0 Å². The molecular formula is C15H26BrCl2N5O. The van der Waals surface area contributed by atoms with Crippen molar-refractivity contribution < 1.29 is 4.79 Å². The first-order chi connectivity index (χ1) is 10.6. The fraction of sp³-hybridized carbons (Fsp3) is 0.600. The first-order valence-corrected chi connectivity index (χ1v) is 8.41. The Kier molecular flexibility index (Phi) is 11.6. The molecular weight excluding hydrogens is 417 g/mol. The van der Waals surface area contributed by atoms with Crippen LogP contribution < -0.4 is 15.5 Å². The number of halogens is 3. The van der Waals surface area contributed by atoms with Gasteiger partial charge in [0.2, 0.25) is 0 Å². The Hall–Kier alpha value is -0.600. The van der Waals surface area contributed by atoms with Crippen LogP contribution in [0.5, 0.6) is 0 Å². The summed E-state index contributed by atoms with van der Waals surface area (Å²) in [5.41, 5.74) is 0.599. The summed E-state index contributed by atoms with van der Waals surface area (Å²) < 4.78 is 0.809. The number of aromatic nitrogens is 1. The summed E-state index contributed by atoms with van der Waals surface area (Å²) in [5, 5.41) is 6.33. The number of hydrogen-bond acceptors (Lipinski definition) is 5. The van der Waals surface area contributed by atoms with Crippen molar-refractivity contribution in [2.45, 2.75) is 6.42 Å². The summed E-state index contributed by atoms with van der Waals surface area (Å²) in [4.78, 5) is 20.9. The highest BCUT2D eigenvalue weighted by atomic mass is 79.9. The summed E-state index contributed by atoms with van der Waals surface area (Å²) in [7, 11) is 3.77. The molecule has 2 N–H and O–H groups in total. The van der Waals surface area contributed by atoms with Gasteiger partial charge in [-0.2, -0.15) is 0 Å². The zero-order chi connectivity index (χ0) is 15.9. The van der Waals surface area contributed by atoms with Crippen molar-refractivity contribution in [2.24, 2.45) is 0 Å². The molecule has 1 fully saturated rings. The van der Waals surface area contributed by atoms with Gasteiger partial charge in [-0.3, -0.25) is 4.79 Å². The molecule has 0 unspecified atom stereocenters. The standard InChI is InChI=1S/C15H24BrN5O.2ClH/c1-20(2)14-13(10-12(16)11-19-14)15(22)18-4-3-7-21-8-5-17-6-9-21;;/h10-11,17H,3-9H2,1-2H3,(H,18,22);2*1H. The van der Waals surface area contributed by atoms with Gasteiger partial charge in [-0.05, 0) is 35.0 Å². The topological polar surface area (TPSA) is 60.5 Å². The zero-order valence-electron chi connectivity index (χ0n) is 14.0. The maximum Gasteiger partial charge on any atom is 0.255 e. The second kappa shape index (κ2) is 11.9. The predicted molar refractivity (Wildman–Crippen MR) is 107 cm³/mol. The van der Waals surface area contributed by atoms with E-state index in [1.165, 1.54) is 0 Å². The van der Waals surface area contributed by atoms with Gasteiger partial charge in [0.05, 0.1) is 5.56 Å². The number of rotatable bonds is 6. The van der Waals surface area contributed by atoms with Gasteiger partial charge in [-0.25, -0.2) is 4.98 Å². The van der Waals surface area contributed by atoms with Gasteiger partial charge in [-0.15, -0.1) is 24.8 Å². The average Bonchev–Trinajstić information content (AvgIpc) is 2.52. The molecule has 0 aromatic carbocycles. The van der Waals surface area contributed by atoms with Crippen LogP contribution in [-0.4, -0.2) is 69.2 Å². The van der Waals surface area contributed by atoms with E-state index in [2.05, 4.69) is 36.4 Å². The summed E-state index contributed by atoms with van der Waals surface area (Å²) in [5.74, 6) is 0.612. The smallest absolute Gasteiger partial charge is 0.255 e. The minimum absolute atomic E-state index is 0. The quantitative estimate of drug-likeness (QED) is 0.657. The molecule has 1 amide bonds. The molecule has 6 nitrogen and oxygen atoms in total. The van der Waals surface area contributed by atoms with E-state index in [4.69, 9.17) is 0 Å². The van der Waals surface area contributed by atoms with Crippen LogP contribution in [0.25, 0.3) is 0 Å². The number of amides is 1. The van der Waals surface area contributed by atoms with Crippen molar-refractivity contribution in [3.63, 3.8) is 0 Å². The molecule has 2 rings (SSSR count). The molecule has 9 heteroatoms. The Morgan fingerprint density at radius 2 is 2.04 bits per heavy atom. The molecule has 0 atom stereocenters.